The third kappa shape index (κ3) is 5.52. The third-order valence-corrected chi connectivity index (χ3v) is 2.93. The van der Waals surface area contributed by atoms with Crippen molar-refractivity contribution in [2.45, 2.75) is 26.8 Å². The van der Waals surface area contributed by atoms with Crippen LogP contribution >= 0.6 is 11.3 Å². The molecule has 0 bridgehead atoms. The Labute approximate surface area is 115 Å². The largest absolute Gasteiger partial charge is 0.451 e. The first kappa shape index (κ1) is 15.2. The van der Waals surface area contributed by atoms with Crippen LogP contribution in [0.1, 0.15) is 28.4 Å². The van der Waals surface area contributed by atoms with Crippen LogP contribution in [0.25, 0.3) is 0 Å². The van der Waals surface area contributed by atoms with Crippen LogP contribution in [0.4, 0.5) is 4.79 Å². The molecule has 0 aromatic carbocycles. The summed E-state index contributed by atoms with van der Waals surface area (Å²) in [5.41, 5.74) is 0. The first-order valence-corrected chi connectivity index (χ1v) is 6.54. The lowest BCUT2D eigenvalue weighted by molar-refractivity contribution is -0.123. The lowest BCUT2D eigenvalue weighted by atomic mass is 10.4. The predicted molar refractivity (Wildman–Crippen MR) is 71.1 cm³/mol. The van der Waals surface area contributed by atoms with Crippen molar-refractivity contribution >= 4 is 29.2 Å². The summed E-state index contributed by atoms with van der Waals surface area (Å²) >= 11 is 1.28. The number of thiophene rings is 1. The number of rotatable bonds is 4. The van der Waals surface area contributed by atoms with Crippen molar-refractivity contribution in [3.63, 3.8) is 0 Å². The highest BCUT2D eigenvalue weighted by Crippen LogP contribution is 2.15. The summed E-state index contributed by atoms with van der Waals surface area (Å²) in [5.74, 6) is -1.24. The first-order chi connectivity index (χ1) is 8.88. The minimum atomic E-state index is -0.667. The van der Waals surface area contributed by atoms with Crippen molar-refractivity contribution in [2.75, 3.05) is 6.61 Å². The molecule has 0 aliphatic rings. The highest BCUT2D eigenvalue weighted by molar-refractivity contribution is 7.13. The molecule has 7 heteroatoms. The van der Waals surface area contributed by atoms with Crippen molar-refractivity contribution in [3.8, 4) is 0 Å². The molecule has 1 aromatic rings. The van der Waals surface area contributed by atoms with Gasteiger partial charge < -0.3 is 10.1 Å². The van der Waals surface area contributed by atoms with E-state index in [-0.39, 0.29) is 6.04 Å². The summed E-state index contributed by atoms with van der Waals surface area (Å²) < 4.78 is 4.79. The van der Waals surface area contributed by atoms with E-state index in [9.17, 15) is 14.4 Å². The summed E-state index contributed by atoms with van der Waals surface area (Å²) in [4.78, 5) is 35.5. The van der Waals surface area contributed by atoms with E-state index in [2.05, 4.69) is 10.6 Å². The number of hydrogen-bond donors (Lipinski definition) is 2. The molecular weight excluding hydrogens is 268 g/mol. The van der Waals surface area contributed by atoms with Crippen LogP contribution in [0.15, 0.2) is 12.1 Å². The first-order valence-electron chi connectivity index (χ1n) is 5.72. The minimum Gasteiger partial charge on any atom is -0.451 e. The molecule has 0 aliphatic carbocycles. The van der Waals surface area contributed by atoms with Gasteiger partial charge in [0.15, 0.2) is 6.61 Å². The van der Waals surface area contributed by atoms with Crippen molar-refractivity contribution in [3.05, 3.63) is 21.9 Å². The second-order valence-corrected chi connectivity index (χ2v) is 5.45. The Hall–Kier alpha value is -1.89. The number of urea groups is 1. The second-order valence-electron chi connectivity index (χ2n) is 4.16. The van der Waals surface area contributed by atoms with Gasteiger partial charge in [-0.05, 0) is 32.9 Å². The second kappa shape index (κ2) is 6.89. The fourth-order valence-corrected chi connectivity index (χ4v) is 1.97. The number of nitrogens with one attached hydrogen (secondary N) is 2. The Morgan fingerprint density at radius 2 is 2.00 bits per heavy atom. The maximum absolute atomic E-state index is 11.5. The molecule has 6 nitrogen and oxygen atoms in total. The Balaban J connectivity index is 2.34. The van der Waals surface area contributed by atoms with E-state index in [0.717, 1.165) is 4.88 Å². The Bertz CT molecular complexity index is 482. The third-order valence-electron chi connectivity index (χ3n) is 1.95. The van der Waals surface area contributed by atoms with Crippen LogP contribution in [0.5, 0.6) is 0 Å². The van der Waals surface area contributed by atoms with Gasteiger partial charge in [0.05, 0.1) is 0 Å². The van der Waals surface area contributed by atoms with Crippen LogP contribution in [0.2, 0.25) is 0 Å². The van der Waals surface area contributed by atoms with E-state index in [1.54, 1.807) is 26.0 Å². The van der Waals surface area contributed by atoms with E-state index in [0.29, 0.717) is 4.88 Å². The van der Waals surface area contributed by atoms with Gasteiger partial charge in [0, 0.05) is 10.9 Å². The van der Waals surface area contributed by atoms with Crippen LogP contribution in [-0.2, 0) is 9.53 Å². The van der Waals surface area contributed by atoms with Crippen LogP contribution in [-0.4, -0.2) is 30.6 Å². The molecule has 0 radical (unpaired) electrons. The number of aryl methyl sites for hydroxylation is 1. The van der Waals surface area contributed by atoms with Crippen LogP contribution in [0, 0.1) is 6.92 Å². The number of amides is 3. The monoisotopic (exact) mass is 284 g/mol. The van der Waals surface area contributed by atoms with E-state index in [1.165, 1.54) is 11.3 Å². The van der Waals surface area contributed by atoms with Crippen molar-refractivity contribution in [2.24, 2.45) is 0 Å². The molecule has 1 rings (SSSR count). The standard InChI is InChI=1S/C12H16N2O4S/c1-7(2)13-12(17)14-10(15)6-18-11(16)9-5-4-8(3)19-9/h4-5,7H,6H2,1-3H3,(H2,13,14,15,17). The van der Waals surface area contributed by atoms with Gasteiger partial charge in [-0.15, -0.1) is 11.3 Å². The maximum Gasteiger partial charge on any atom is 0.348 e. The highest BCUT2D eigenvalue weighted by atomic mass is 32.1. The molecule has 0 atom stereocenters. The molecule has 0 fully saturated rings. The summed E-state index contributed by atoms with van der Waals surface area (Å²) in [5, 5.41) is 4.55. The van der Waals surface area contributed by atoms with E-state index < -0.39 is 24.5 Å². The number of carbonyl (C=O) groups excluding carboxylic acids is 3. The summed E-state index contributed by atoms with van der Waals surface area (Å²) in [6.45, 7) is 4.91. The van der Waals surface area contributed by atoms with E-state index >= 15 is 0 Å². The number of carbonyl (C=O) groups is 3. The van der Waals surface area contributed by atoms with Gasteiger partial charge in [-0.3, -0.25) is 10.1 Å². The Kier molecular flexibility index (Phi) is 5.50. The number of hydrogen-bond acceptors (Lipinski definition) is 5. The van der Waals surface area contributed by atoms with Gasteiger partial charge >= 0.3 is 12.0 Å². The molecule has 2 N–H and O–H groups in total. The summed E-state index contributed by atoms with van der Waals surface area (Å²) in [6.07, 6.45) is 0. The zero-order chi connectivity index (χ0) is 14.4. The maximum atomic E-state index is 11.5. The summed E-state index contributed by atoms with van der Waals surface area (Å²) in [7, 11) is 0. The van der Waals surface area contributed by atoms with Gasteiger partial charge in [-0.1, -0.05) is 0 Å². The van der Waals surface area contributed by atoms with Crippen molar-refractivity contribution in [1.82, 2.24) is 10.6 Å². The van der Waals surface area contributed by atoms with Crippen molar-refractivity contribution in [1.29, 1.82) is 0 Å². The zero-order valence-corrected chi connectivity index (χ0v) is 11.8. The van der Waals surface area contributed by atoms with Crippen LogP contribution < -0.4 is 10.6 Å². The Morgan fingerprint density at radius 1 is 1.32 bits per heavy atom. The lowest BCUT2D eigenvalue weighted by Crippen LogP contribution is -2.44. The van der Waals surface area contributed by atoms with Gasteiger partial charge in [0.25, 0.3) is 5.91 Å². The van der Waals surface area contributed by atoms with Crippen molar-refractivity contribution < 1.29 is 19.1 Å². The highest BCUT2D eigenvalue weighted by Gasteiger charge is 2.13. The van der Waals surface area contributed by atoms with E-state index in [1.807, 2.05) is 6.92 Å². The predicted octanol–water partition coefficient (Wildman–Crippen LogP) is 1.45. The minimum absolute atomic E-state index is 0.0792. The fourth-order valence-electron chi connectivity index (χ4n) is 1.21. The fraction of sp³-hybridized carbons (Fsp3) is 0.417. The zero-order valence-electron chi connectivity index (χ0n) is 11.0. The molecule has 1 heterocycles. The topological polar surface area (TPSA) is 84.5 Å². The van der Waals surface area contributed by atoms with Crippen LogP contribution in [0.3, 0.4) is 0 Å². The van der Waals surface area contributed by atoms with Gasteiger partial charge in [-0.25, -0.2) is 9.59 Å². The molecule has 0 unspecified atom stereocenters. The number of ether oxygens (including phenoxy) is 1. The lowest BCUT2D eigenvalue weighted by Gasteiger charge is -2.09. The average Bonchev–Trinajstić information content (AvgIpc) is 2.71. The molecule has 0 saturated carbocycles. The molecule has 0 spiro atoms. The molecule has 3 amide bonds. The molecule has 19 heavy (non-hydrogen) atoms. The van der Waals surface area contributed by atoms with Gasteiger partial charge in [0.2, 0.25) is 0 Å². The molecule has 0 aliphatic heterocycles. The average molecular weight is 284 g/mol. The van der Waals surface area contributed by atoms with E-state index in [4.69, 9.17) is 4.74 Å². The molecule has 0 saturated heterocycles. The van der Waals surface area contributed by atoms with Gasteiger partial charge in [0.1, 0.15) is 4.88 Å². The SMILES string of the molecule is Cc1ccc(C(=O)OCC(=O)NC(=O)NC(C)C)s1. The molecule has 104 valence electrons. The summed E-state index contributed by atoms with van der Waals surface area (Å²) in [6, 6.07) is 2.73. The Morgan fingerprint density at radius 3 is 2.53 bits per heavy atom. The molecule has 1 aromatic heterocycles. The number of imide groups is 1. The quantitative estimate of drug-likeness (QED) is 0.820. The molecular formula is C12H16N2O4S. The normalized spacial score (nSPS) is 10.1. The smallest absolute Gasteiger partial charge is 0.348 e. The van der Waals surface area contributed by atoms with Gasteiger partial charge in [-0.2, -0.15) is 0 Å². The number of esters is 1.